The van der Waals surface area contributed by atoms with Crippen LogP contribution in [0.15, 0.2) is 18.6 Å². The van der Waals surface area contributed by atoms with E-state index in [-0.39, 0.29) is 18.1 Å². The Kier molecular flexibility index (Phi) is 3.70. The summed E-state index contributed by atoms with van der Waals surface area (Å²) in [6.07, 6.45) is -2.48. The van der Waals surface area contributed by atoms with Gasteiger partial charge >= 0.3 is 7.82 Å². The predicted octanol–water partition coefficient (Wildman–Crippen LogP) is 1.40. The smallest absolute Gasteiger partial charge is 0.382 e. The first kappa shape index (κ1) is 17.2. The van der Waals surface area contributed by atoms with Gasteiger partial charge < -0.3 is 15.4 Å². The number of phosphoric ester groups is 1. The van der Waals surface area contributed by atoms with E-state index in [4.69, 9.17) is 15.0 Å². The molecule has 5 atom stereocenters. The molecule has 4 heterocycles. The molecular weight excluding hydrogens is 471 g/mol. The van der Waals surface area contributed by atoms with Gasteiger partial charge in [0.2, 0.25) is 5.60 Å². The fourth-order valence-corrected chi connectivity index (χ4v) is 5.44. The molecule has 0 aliphatic carbocycles. The van der Waals surface area contributed by atoms with Crippen LogP contribution in [0.5, 0.6) is 0 Å². The van der Waals surface area contributed by atoms with Crippen LogP contribution < -0.4 is 5.73 Å². The molecule has 25 heavy (non-hydrogen) atoms. The number of amidine groups is 1. The molecule has 0 amide bonds. The largest absolute Gasteiger partial charge is 0.472 e. The molecule has 1 unspecified atom stereocenters. The van der Waals surface area contributed by atoms with Crippen molar-refractivity contribution in [2.24, 2.45) is 12.2 Å². The fraction of sp³-hybridized carbons (Fsp3) is 0.500. The maximum atomic E-state index is 15.8. The van der Waals surface area contributed by atoms with E-state index in [0.717, 1.165) is 6.92 Å². The molecule has 0 spiro atoms. The van der Waals surface area contributed by atoms with Crippen LogP contribution in [-0.4, -0.2) is 39.9 Å². The van der Waals surface area contributed by atoms with Crippen molar-refractivity contribution in [2.45, 2.75) is 30.4 Å². The fourth-order valence-electron chi connectivity index (χ4n) is 3.19. The second-order valence-corrected chi connectivity index (χ2v) is 8.60. The number of fused-ring (bicyclic) bond motifs is 2. The Labute approximate surface area is 151 Å². The maximum Gasteiger partial charge on any atom is 0.472 e. The third kappa shape index (κ3) is 2.27. The molecule has 13 heteroatoms. The molecule has 0 saturated carbocycles. The van der Waals surface area contributed by atoms with Gasteiger partial charge in [-0.2, -0.15) is 8.47 Å². The van der Waals surface area contributed by atoms with Crippen molar-refractivity contribution in [2.75, 3.05) is 6.61 Å². The van der Waals surface area contributed by atoms with Gasteiger partial charge in [-0.3, -0.25) is 9.05 Å². The molecule has 3 aliphatic heterocycles. The van der Waals surface area contributed by atoms with Crippen LogP contribution in [0.3, 0.4) is 0 Å². The molecule has 2 saturated heterocycles. The number of nitrogens with two attached hydrogens (primary N) is 1. The van der Waals surface area contributed by atoms with Crippen molar-refractivity contribution in [3.8, 4) is 6.07 Å². The zero-order valence-corrected chi connectivity index (χ0v) is 15.7. The number of alkyl halides is 1. The van der Waals surface area contributed by atoms with Crippen molar-refractivity contribution < 1.29 is 27.6 Å². The highest BCUT2D eigenvalue weighted by Gasteiger charge is 2.70. The summed E-state index contributed by atoms with van der Waals surface area (Å²) in [5.74, 6) is 0.248. The van der Waals surface area contributed by atoms with E-state index in [0.29, 0.717) is 5.69 Å². The average Bonchev–Trinajstić information content (AvgIpc) is 3.07. The number of nitriles is 1. The zero-order valence-electron chi connectivity index (χ0n) is 12.7. The van der Waals surface area contributed by atoms with Crippen LogP contribution in [0.2, 0.25) is 0 Å². The van der Waals surface area contributed by atoms with E-state index in [1.165, 1.54) is 10.7 Å². The Morgan fingerprint density at radius 1 is 1.64 bits per heavy atom. The molecule has 2 fully saturated rings. The van der Waals surface area contributed by atoms with Gasteiger partial charge in [-0.15, -0.1) is 3.25 Å². The number of hydrogen-bond donors (Lipinski definition) is 2. The quantitative estimate of drug-likeness (QED) is 0.454. The predicted molar refractivity (Wildman–Crippen MR) is 89.3 cm³/mol. The molecule has 4 rings (SSSR count). The first-order valence-corrected chi connectivity index (χ1v) is 10.5. The number of hydrogen-bond acceptors (Lipinski definition) is 8. The number of nitrogens with zero attached hydrogens (tertiary/aromatic N) is 4. The van der Waals surface area contributed by atoms with Crippen molar-refractivity contribution >= 4 is 35.0 Å². The van der Waals surface area contributed by atoms with E-state index < -0.39 is 52.6 Å². The minimum absolute atomic E-state index is 0.123. The highest BCUT2D eigenvalue weighted by atomic mass is 127. The highest BCUT2D eigenvalue weighted by Crippen LogP contribution is 2.59. The van der Waals surface area contributed by atoms with Crippen LogP contribution in [0.4, 0.5) is 4.39 Å². The van der Waals surface area contributed by atoms with Crippen LogP contribution in [-0.2, 0) is 24.0 Å². The molecule has 0 bridgehead atoms. The second kappa shape index (κ2) is 5.38. The molecule has 10 nitrogen and oxygen atoms in total. The van der Waals surface area contributed by atoms with Crippen LogP contribution >= 0.6 is 29.1 Å². The van der Waals surface area contributed by atoms with Crippen molar-refractivity contribution in [1.82, 2.24) is 4.68 Å². The lowest BCUT2D eigenvalue weighted by molar-refractivity contribution is -0.0765. The Balaban J connectivity index is 1.86. The molecule has 1 aromatic heterocycles. The Bertz CT molecular complexity index is 910. The van der Waals surface area contributed by atoms with Gasteiger partial charge in [0, 0.05) is 0 Å². The molecule has 3 aliphatic rings. The lowest BCUT2D eigenvalue weighted by atomic mass is 9.82. The normalized spacial score (nSPS) is 42.7. The summed E-state index contributed by atoms with van der Waals surface area (Å²) in [6.45, 7) is 0.726. The van der Waals surface area contributed by atoms with Crippen molar-refractivity contribution in [3.63, 3.8) is 0 Å². The minimum Gasteiger partial charge on any atom is -0.382 e. The summed E-state index contributed by atoms with van der Waals surface area (Å²) in [6, 6.07) is 4.91. The molecule has 0 aromatic carbocycles. The van der Waals surface area contributed by atoms with Crippen LogP contribution in [0, 0.1) is 11.3 Å². The Hall–Kier alpha value is -1.23. The number of phosphoric acid groups is 1. The third-order valence-electron chi connectivity index (χ3n) is 4.41. The topological polar surface area (TPSA) is 144 Å². The average molecular weight is 483 g/mol. The maximum absolute atomic E-state index is 15.8. The van der Waals surface area contributed by atoms with E-state index in [1.54, 1.807) is 6.07 Å². The number of rotatable bonds is 1. The SMILES string of the molecule is C[C@@]1(F)[C@@H]2OP(=O)(O)OC[C@H]2O[C@@]1(C#N)c1ccc2n1N=IN=C2N. The highest BCUT2D eigenvalue weighted by molar-refractivity contribution is 14.1. The molecule has 1 aromatic rings. The summed E-state index contributed by atoms with van der Waals surface area (Å²) in [7, 11) is -4.41. The van der Waals surface area contributed by atoms with Gasteiger partial charge in [0.1, 0.15) is 24.0 Å². The Morgan fingerprint density at radius 3 is 3.12 bits per heavy atom. The van der Waals surface area contributed by atoms with Crippen molar-refractivity contribution in [3.05, 3.63) is 23.5 Å². The zero-order chi connectivity index (χ0) is 18.0. The molecular formula is C12H12FIN5O5P. The van der Waals surface area contributed by atoms with Gasteiger partial charge in [-0.1, -0.05) is 0 Å². The van der Waals surface area contributed by atoms with Crippen LogP contribution in [0.25, 0.3) is 0 Å². The number of halogens is 2. The Morgan fingerprint density at radius 2 is 2.40 bits per heavy atom. The number of aromatic nitrogens is 1. The van der Waals surface area contributed by atoms with Crippen molar-refractivity contribution in [1.29, 1.82) is 5.26 Å². The van der Waals surface area contributed by atoms with E-state index >= 15 is 4.39 Å². The van der Waals surface area contributed by atoms with Crippen LogP contribution in [0.1, 0.15) is 18.3 Å². The van der Waals surface area contributed by atoms with Gasteiger partial charge in [0.05, 0.1) is 12.3 Å². The third-order valence-corrected chi connectivity index (χ3v) is 6.74. The standard InChI is InChI=1S/C12H12FIN5O5P/c1-11(13)9-7(4-22-25(20,21)24-9)23-12(11,5-15)8-3-2-6-10(16)17-14-18-19(6)8/h2-3,7,9H,4H2,1H3,(H,20,21)(H2,16,17,18)/t7-,9-,11-,12+/m1/s1. The first-order chi connectivity index (χ1) is 11.7. The minimum atomic E-state index is -4.41. The van der Waals surface area contributed by atoms with E-state index in [9.17, 15) is 14.7 Å². The lowest BCUT2D eigenvalue weighted by Gasteiger charge is -2.34. The van der Waals surface area contributed by atoms with Gasteiger partial charge in [-0.05, 0) is 19.1 Å². The molecule has 3 N–H and O–H groups in total. The van der Waals surface area contributed by atoms with Gasteiger partial charge in [-0.25, -0.2) is 13.6 Å². The molecule has 0 radical (unpaired) electrons. The summed E-state index contributed by atoms with van der Waals surface area (Å²) in [5, 5.41) is 9.82. The van der Waals surface area contributed by atoms with Gasteiger partial charge in [0.25, 0.3) is 0 Å². The molecule has 134 valence electrons. The van der Waals surface area contributed by atoms with E-state index in [2.05, 4.69) is 11.0 Å². The van der Waals surface area contributed by atoms with Gasteiger partial charge in [0.15, 0.2) is 32.8 Å². The summed E-state index contributed by atoms with van der Waals surface area (Å²) >= 11 is -0.991. The lowest BCUT2D eigenvalue weighted by Crippen LogP contribution is -2.50. The second-order valence-electron chi connectivity index (χ2n) is 5.85. The summed E-state index contributed by atoms with van der Waals surface area (Å²) in [5.41, 5.74) is 1.82. The summed E-state index contributed by atoms with van der Waals surface area (Å²) in [4.78, 5) is 9.51. The summed E-state index contributed by atoms with van der Waals surface area (Å²) < 4.78 is 52.4. The monoisotopic (exact) mass is 483 g/mol. The van der Waals surface area contributed by atoms with E-state index in [1.807, 2.05) is 6.07 Å². The number of ether oxygens (including phenoxy) is 1. The first-order valence-electron chi connectivity index (χ1n) is 7.06.